The van der Waals surface area contributed by atoms with Crippen molar-refractivity contribution in [3.63, 3.8) is 0 Å². The number of carbonyl (C=O) groups excluding carboxylic acids is 1. The molecule has 0 saturated heterocycles. The van der Waals surface area contributed by atoms with Crippen LogP contribution in [0.5, 0.6) is 0 Å². The SMILES string of the molecule is COC(=O)CNS(=O)(=O)c1ccc(NCc2ccco2)c([N+](=O)[O-])c1. The summed E-state index contributed by atoms with van der Waals surface area (Å²) in [5, 5.41) is 14.0. The Morgan fingerprint density at radius 3 is 2.72 bits per heavy atom. The van der Waals surface area contributed by atoms with Crippen LogP contribution in [0.15, 0.2) is 45.9 Å². The standard InChI is InChI=1S/C14H15N3O7S/c1-23-14(18)9-16-25(21,22)11-4-5-12(13(7-11)17(19)20)15-8-10-3-2-6-24-10/h2-7,15-16H,8-9H2,1H3. The molecule has 0 amide bonds. The van der Waals surface area contributed by atoms with E-state index in [1.54, 1.807) is 12.1 Å². The number of ether oxygens (including phenoxy) is 1. The molecule has 10 nitrogen and oxygen atoms in total. The third kappa shape index (κ3) is 4.78. The monoisotopic (exact) mass is 369 g/mol. The molecule has 0 fully saturated rings. The van der Waals surface area contributed by atoms with Crippen molar-refractivity contribution in [3.05, 3.63) is 52.5 Å². The minimum atomic E-state index is -4.10. The van der Waals surface area contributed by atoms with Crippen LogP contribution in [0, 0.1) is 10.1 Å². The van der Waals surface area contributed by atoms with Crippen LogP contribution in [0.2, 0.25) is 0 Å². The number of hydrogen-bond acceptors (Lipinski definition) is 8. The summed E-state index contributed by atoms with van der Waals surface area (Å²) in [5.41, 5.74) is -0.291. The Labute approximate surface area is 143 Å². The highest BCUT2D eigenvalue weighted by atomic mass is 32.2. The van der Waals surface area contributed by atoms with Gasteiger partial charge in [0.15, 0.2) is 0 Å². The molecule has 0 unspecified atom stereocenters. The number of benzene rings is 1. The molecule has 0 saturated carbocycles. The van der Waals surface area contributed by atoms with Gasteiger partial charge in [0.25, 0.3) is 5.69 Å². The molecule has 2 aromatic rings. The number of nitrogens with zero attached hydrogens (tertiary/aromatic N) is 1. The number of furan rings is 1. The summed E-state index contributed by atoms with van der Waals surface area (Å²) < 4.78 is 35.7. The van der Waals surface area contributed by atoms with Gasteiger partial charge in [-0.25, -0.2) is 8.42 Å². The second-order valence-electron chi connectivity index (χ2n) is 4.77. The average Bonchev–Trinajstić information content (AvgIpc) is 3.11. The zero-order valence-electron chi connectivity index (χ0n) is 13.1. The first-order chi connectivity index (χ1) is 11.8. The van der Waals surface area contributed by atoms with E-state index in [0.717, 1.165) is 13.2 Å². The van der Waals surface area contributed by atoms with Crippen LogP contribution < -0.4 is 10.0 Å². The molecule has 11 heteroatoms. The lowest BCUT2D eigenvalue weighted by atomic mass is 10.2. The van der Waals surface area contributed by atoms with E-state index in [9.17, 15) is 23.3 Å². The van der Waals surface area contributed by atoms with Gasteiger partial charge < -0.3 is 14.5 Å². The molecule has 134 valence electrons. The highest BCUT2D eigenvalue weighted by molar-refractivity contribution is 7.89. The van der Waals surface area contributed by atoms with Crippen LogP contribution in [-0.4, -0.2) is 33.0 Å². The zero-order valence-corrected chi connectivity index (χ0v) is 13.9. The third-order valence-corrected chi connectivity index (χ3v) is 4.54. The summed E-state index contributed by atoms with van der Waals surface area (Å²) in [6, 6.07) is 6.73. The van der Waals surface area contributed by atoms with Crippen LogP contribution in [0.1, 0.15) is 5.76 Å². The first-order valence-electron chi connectivity index (χ1n) is 6.94. The molecule has 0 radical (unpaired) electrons. The van der Waals surface area contributed by atoms with Crippen molar-refractivity contribution in [1.29, 1.82) is 0 Å². The maximum Gasteiger partial charge on any atom is 0.320 e. The van der Waals surface area contributed by atoms with Gasteiger partial charge in [0.1, 0.15) is 18.0 Å². The van der Waals surface area contributed by atoms with Gasteiger partial charge in [0.05, 0.1) is 29.7 Å². The number of anilines is 1. The molecule has 0 aliphatic carbocycles. The summed E-state index contributed by atoms with van der Waals surface area (Å²) in [6.07, 6.45) is 1.47. The molecule has 1 aromatic carbocycles. The van der Waals surface area contributed by atoms with E-state index in [2.05, 4.69) is 10.1 Å². The number of hydrogen-bond donors (Lipinski definition) is 2. The minimum absolute atomic E-state index is 0.133. The number of methoxy groups -OCH3 is 1. The number of nitro groups is 1. The summed E-state index contributed by atoms with van der Waals surface area (Å²) in [6.45, 7) is -0.383. The van der Waals surface area contributed by atoms with Crippen molar-refractivity contribution < 1.29 is 27.3 Å². The fourth-order valence-corrected chi connectivity index (χ4v) is 2.87. The van der Waals surface area contributed by atoms with Gasteiger partial charge in [-0.3, -0.25) is 14.9 Å². The molecule has 0 aliphatic rings. The summed E-state index contributed by atoms with van der Waals surface area (Å²) >= 11 is 0. The second-order valence-corrected chi connectivity index (χ2v) is 6.54. The minimum Gasteiger partial charge on any atom is -0.468 e. The summed E-state index contributed by atoms with van der Waals surface area (Å²) in [7, 11) is -2.99. The van der Waals surface area contributed by atoms with E-state index in [-0.39, 0.29) is 17.1 Å². The molecule has 2 rings (SSSR count). The molecule has 1 aromatic heterocycles. The maximum absolute atomic E-state index is 12.1. The van der Waals surface area contributed by atoms with Crippen molar-refractivity contribution in [3.8, 4) is 0 Å². The average molecular weight is 369 g/mol. The quantitative estimate of drug-likeness (QED) is 0.402. The van der Waals surface area contributed by atoms with Crippen molar-refractivity contribution >= 4 is 27.4 Å². The highest BCUT2D eigenvalue weighted by Crippen LogP contribution is 2.28. The van der Waals surface area contributed by atoms with E-state index in [1.165, 1.54) is 18.4 Å². The smallest absolute Gasteiger partial charge is 0.320 e. The molecular formula is C14H15N3O7S. The van der Waals surface area contributed by atoms with Gasteiger partial charge in [-0.15, -0.1) is 0 Å². The van der Waals surface area contributed by atoms with Crippen LogP contribution >= 0.6 is 0 Å². The second kappa shape index (κ2) is 7.77. The third-order valence-electron chi connectivity index (χ3n) is 3.14. The van der Waals surface area contributed by atoms with Crippen LogP contribution in [0.4, 0.5) is 11.4 Å². The largest absolute Gasteiger partial charge is 0.468 e. The summed E-state index contributed by atoms with van der Waals surface area (Å²) in [4.78, 5) is 21.2. The Hall–Kier alpha value is -2.92. The van der Waals surface area contributed by atoms with E-state index in [4.69, 9.17) is 4.42 Å². The predicted octanol–water partition coefficient (Wildman–Crippen LogP) is 1.25. The highest BCUT2D eigenvalue weighted by Gasteiger charge is 2.22. The molecule has 25 heavy (non-hydrogen) atoms. The van der Waals surface area contributed by atoms with Gasteiger partial charge in [-0.1, -0.05) is 0 Å². The lowest BCUT2D eigenvalue weighted by molar-refractivity contribution is -0.384. The molecule has 0 spiro atoms. The van der Waals surface area contributed by atoms with Gasteiger partial charge in [0.2, 0.25) is 10.0 Å². The summed E-state index contributed by atoms with van der Waals surface area (Å²) in [5.74, 6) is -0.222. The lowest BCUT2D eigenvalue weighted by Crippen LogP contribution is -2.30. The Bertz CT molecular complexity index is 863. The van der Waals surface area contributed by atoms with Gasteiger partial charge in [-0.2, -0.15) is 4.72 Å². The maximum atomic E-state index is 12.1. The fourth-order valence-electron chi connectivity index (χ4n) is 1.88. The molecule has 2 N–H and O–H groups in total. The Morgan fingerprint density at radius 2 is 2.12 bits per heavy atom. The fraction of sp³-hybridized carbons (Fsp3) is 0.214. The number of sulfonamides is 1. The normalized spacial score (nSPS) is 11.1. The van der Waals surface area contributed by atoms with Crippen molar-refractivity contribution in [2.24, 2.45) is 0 Å². The van der Waals surface area contributed by atoms with E-state index < -0.39 is 33.1 Å². The van der Waals surface area contributed by atoms with E-state index in [1.807, 2.05) is 4.72 Å². The van der Waals surface area contributed by atoms with Crippen molar-refractivity contribution in [2.45, 2.75) is 11.4 Å². The molecule has 1 heterocycles. The van der Waals surface area contributed by atoms with Gasteiger partial charge >= 0.3 is 5.97 Å². The Kier molecular flexibility index (Phi) is 5.72. The topological polar surface area (TPSA) is 141 Å². The number of nitrogens with one attached hydrogen (secondary N) is 2. The number of esters is 1. The Balaban J connectivity index is 2.22. The lowest BCUT2D eigenvalue weighted by Gasteiger charge is -2.09. The number of rotatable bonds is 8. The molecule has 0 aliphatic heterocycles. The van der Waals surface area contributed by atoms with E-state index >= 15 is 0 Å². The molecule has 0 atom stereocenters. The van der Waals surface area contributed by atoms with Crippen molar-refractivity contribution in [1.82, 2.24) is 4.72 Å². The van der Waals surface area contributed by atoms with Crippen LogP contribution in [0.25, 0.3) is 0 Å². The molecule has 0 bridgehead atoms. The number of nitro benzene ring substituents is 1. The first-order valence-corrected chi connectivity index (χ1v) is 8.43. The Morgan fingerprint density at radius 1 is 1.36 bits per heavy atom. The predicted molar refractivity (Wildman–Crippen MR) is 86.3 cm³/mol. The van der Waals surface area contributed by atoms with Gasteiger partial charge in [-0.05, 0) is 24.3 Å². The number of carbonyl (C=O) groups is 1. The molecular weight excluding hydrogens is 354 g/mol. The van der Waals surface area contributed by atoms with Crippen molar-refractivity contribution in [2.75, 3.05) is 19.0 Å². The van der Waals surface area contributed by atoms with Gasteiger partial charge in [0, 0.05) is 6.07 Å². The zero-order chi connectivity index (χ0) is 18.4. The van der Waals surface area contributed by atoms with Crippen LogP contribution in [-0.2, 0) is 26.1 Å². The van der Waals surface area contributed by atoms with E-state index in [0.29, 0.717) is 5.76 Å². The van der Waals surface area contributed by atoms with Crippen LogP contribution in [0.3, 0.4) is 0 Å². The first kappa shape index (κ1) is 18.4.